The number of hydrogen-bond donors (Lipinski definition) is 2. The number of carbonyl (C=O) groups excluding carboxylic acids is 1. The van der Waals surface area contributed by atoms with E-state index in [4.69, 9.17) is 9.47 Å². The van der Waals surface area contributed by atoms with Crippen LogP contribution in [-0.4, -0.2) is 35.9 Å². The van der Waals surface area contributed by atoms with Crippen LogP contribution in [-0.2, 0) is 11.3 Å². The zero-order chi connectivity index (χ0) is 17.1. The zero-order valence-electron chi connectivity index (χ0n) is 14.6. The van der Waals surface area contributed by atoms with Crippen LogP contribution >= 0.6 is 0 Å². The molecule has 1 aromatic rings. The second kappa shape index (κ2) is 7.60. The normalized spacial score (nSPS) is 26.6. The van der Waals surface area contributed by atoms with Crippen LogP contribution in [0.15, 0.2) is 18.3 Å². The van der Waals surface area contributed by atoms with Gasteiger partial charge >= 0.3 is 6.03 Å². The molecule has 3 fully saturated rings. The van der Waals surface area contributed by atoms with Gasteiger partial charge in [-0.1, -0.05) is 6.07 Å². The molecule has 2 aliphatic carbocycles. The highest BCUT2D eigenvalue weighted by molar-refractivity contribution is 5.74. The van der Waals surface area contributed by atoms with Gasteiger partial charge in [-0.15, -0.1) is 0 Å². The van der Waals surface area contributed by atoms with Crippen molar-refractivity contribution < 1.29 is 14.3 Å². The van der Waals surface area contributed by atoms with Gasteiger partial charge in [-0.05, 0) is 56.4 Å². The van der Waals surface area contributed by atoms with Gasteiger partial charge in [0.1, 0.15) is 6.10 Å². The lowest BCUT2D eigenvalue weighted by Gasteiger charge is -2.19. The standard InChI is InChI=1S/C19H27N3O3/c23-19(22-16-9-10-24-18(16)14-6-7-14)21-12-13-5-8-17(20-11-13)25-15-3-1-2-4-15/h5,8,11,14-16,18H,1-4,6-7,9-10,12H2,(H2,21,22,23)/t16-,18+/m0/s1. The number of hydrogen-bond acceptors (Lipinski definition) is 4. The summed E-state index contributed by atoms with van der Waals surface area (Å²) in [5, 5.41) is 5.97. The molecule has 2 amide bonds. The molecule has 2 heterocycles. The second-order valence-electron chi connectivity index (χ2n) is 7.42. The lowest BCUT2D eigenvalue weighted by Crippen LogP contribution is -2.46. The lowest BCUT2D eigenvalue weighted by atomic mass is 10.1. The van der Waals surface area contributed by atoms with Gasteiger partial charge in [0.25, 0.3) is 0 Å². The van der Waals surface area contributed by atoms with E-state index in [1.54, 1.807) is 6.20 Å². The Kier molecular flexibility index (Phi) is 5.06. The summed E-state index contributed by atoms with van der Waals surface area (Å²) in [4.78, 5) is 16.5. The summed E-state index contributed by atoms with van der Waals surface area (Å²) in [7, 11) is 0. The lowest BCUT2D eigenvalue weighted by molar-refractivity contribution is 0.0825. The number of ether oxygens (including phenoxy) is 2. The molecule has 3 aliphatic rings. The molecule has 136 valence electrons. The van der Waals surface area contributed by atoms with Crippen LogP contribution in [0.3, 0.4) is 0 Å². The first kappa shape index (κ1) is 16.6. The molecule has 1 aliphatic heterocycles. The third kappa shape index (κ3) is 4.42. The Balaban J connectivity index is 1.21. The summed E-state index contributed by atoms with van der Waals surface area (Å²) in [5.74, 6) is 1.32. The maximum atomic E-state index is 12.1. The SMILES string of the molecule is O=C(NCc1ccc(OC2CCCC2)nc1)N[C@H]1CCO[C@@H]1C1CC1. The van der Waals surface area contributed by atoms with Crippen molar-refractivity contribution in [1.82, 2.24) is 15.6 Å². The van der Waals surface area contributed by atoms with Crippen LogP contribution in [0.1, 0.15) is 50.5 Å². The van der Waals surface area contributed by atoms with Crippen LogP contribution in [0.5, 0.6) is 5.88 Å². The van der Waals surface area contributed by atoms with E-state index < -0.39 is 0 Å². The van der Waals surface area contributed by atoms with Crippen molar-refractivity contribution in [2.45, 2.75) is 69.7 Å². The second-order valence-corrected chi connectivity index (χ2v) is 7.42. The minimum Gasteiger partial charge on any atom is -0.474 e. The summed E-state index contributed by atoms with van der Waals surface area (Å²) in [6.07, 6.45) is 10.4. The third-order valence-electron chi connectivity index (χ3n) is 5.38. The van der Waals surface area contributed by atoms with E-state index in [0.717, 1.165) is 31.4 Å². The number of carbonyl (C=O) groups is 1. The Hall–Kier alpha value is -1.82. The number of amides is 2. The van der Waals surface area contributed by atoms with Crippen molar-refractivity contribution in [3.63, 3.8) is 0 Å². The fourth-order valence-electron chi connectivity index (χ4n) is 3.82. The quantitative estimate of drug-likeness (QED) is 0.831. The summed E-state index contributed by atoms with van der Waals surface area (Å²) < 4.78 is 11.6. The van der Waals surface area contributed by atoms with E-state index in [9.17, 15) is 4.79 Å². The maximum absolute atomic E-state index is 12.1. The van der Waals surface area contributed by atoms with Crippen LogP contribution < -0.4 is 15.4 Å². The van der Waals surface area contributed by atoms with Crippen LogP contribution in [0.2, 0.25) is 0 Å². The van der Waals surface area contributed by atoms with Crippen molar-refractivity contribution in [3.05, 3.63) is 23.9 Å². The molecule has 1 saturated heterocycles. The number of urea groups is 1. The van der Waals surface area contributed by atoms with Gasteiger partial charge in [-0.2, -0.15) is 0 Å². The molecular formula is C19H27N3O3. The molecule has 6 nitrogen and oxygen atoms in total. The number of pyridine rings is 1. The molecule has 6 heteroatoms. The van der Waals surface area contributed by atoms with Crippen LogP contribution in [0, 0.1) is 5.92 Å². The monoisotopic (exact) mass is 345 g/mol. The maximum Gasteiger partial charge on any atom is 0.315 e. The van der Waals surface area contributed by atoms with Crippen LogP contribution in [0.4, 0.5) is 4.79 Å². The molecule has 0 aromatic carbocycles. The van der Waals surface area contributed by atoms with E-state index in [1.807, 2.05) is 12.1 Å². The van der Waals surface area contributed by atoms with Crippen molar-refractivity contribution in [2.75, 3.05) is 6.61 Å². The van der Waals surface area contributed by atoms with Gasteiger partial charge in [0.05, 0.1) is 12.1 Å². The average molecular weight is 345 g/mol. The number of rotatable bonds is 6. The van der Waals surface area contributed by atoms with E-state index >= 15 is 0 Å². The molecule has 2 atom stereocenters. The minimum atomic E-state index is -0.132. The van der Waals surface area contributed by atoms with E-state index in [2.05, 4.69) is 15.6 Å². The zero-order valence-corrected chi connectivity index (χ0v) is 14.6. The molecule has 1 aromatic heterocycles. The predicted octanol–water partition coefficient (Wildman–Crippen LogP) is 2.77. The molecule has 0 unspecified atom stereocenters. The van der Waals surface area contributed by atoms with Gasteiger partial charge in [0.15, 0.2) is 0 Å². The highest BCUT2D eigenvalue weighted by Crippen LogP contribution is 2.38. The van der Waals surface area contributed by atoms with Gasteiger partial charge in [-0.3, -0.25) is 0 Å². The molecule has 0 spiro atoms. The summed E-state index contributed by atoms with van der Waals surface area (Å²) in [5.41, 5.74) is 0.968. The van der Waals surface area contributed by atoms with Gasteiger partial charge in [0, 0.05) is 25.4 Å². The number of nitrogens with one attached hydrogen (secondary N) is 2. The Morgan fingerprint density at radius 1 is 1.20 bits per heavy atom. The predicted molar refractivity (Wildman–Crippen MR) is 93.4 cm³/mol. The number of aromatic nitrogens is 1. The molecule has 2 saturated carbocycles. The highest BCUT2D eigenvalue weighted by Gasteiger charge is 2.41. The highest BCUT2D eigenvalue weighted by atomic mass is 16.5. The van der Waals surface area contributed by atoms with Crippen molar-refractivity contribution in [3.8, 4) is 5.88 Å². The third-order valence-corrected chi connectivity index (χ3v) is 5.38. The van der Waals surface area contributed by atoms with Crippen molar-refractivity contribution in [2.24, 2.45) is 5.92 Å². The van der Waals surface area contributed by atoms with Gasteiger partial charge in [0.2, 0.25) is 5.88 Å². The fraction of sp³-hybridized carbons (Fsp3) is 0.684. The molecular weight excluding hydrogens is 318 g/mol. The number of nitrogens with zero attached hydrogens (tertiary/aromatic N) is 1. The summed E-state index contributed by atoms with van der Waals surface area (Å²) >= 11 is 0. The smallest absolute Gasteiger partial charge is 0.315 e. The first-order valence-corrected chi connectivity index (χ1v) is 9.55. The molecule has 0 radical (unpaired) electrons. The molecule has 2 N–H and O–H groups in total. The first-order valence-electron chi connectivity index (χ1n) is 9.55. The van der Waals surface area contributed by atoms with Gasteiger partial charge in [-0.25, -0.2) is 9.78 Å². The molecule has 25 heavy (non-hydrogen) atoms. The average Bonchev–Trinajstić information content (AvgIpc) is 3.14. The van der Waals surface area contributed by atoms with E-state index in [-0.39, 0.29) is 18.2 Å². The Bertz CT molecular complexity index is 582. The van der Waals surface area contributed by atoms with E-state index in [0.29, 0.717) is 24.4 Å². The van der Waals surface area contributed by atoms with Crippen molar-refractivity contribution in [1.29, 1.82) is 0 Å². The Labute approximate surface area is 148 Å². The minimum absolute atomic E-state index is 0.132. The van der Waals surface area contributed by atoms with Gasteiger partial charge < -0.3 is 20.1 Å². The largest absolute Gasteiger partial charge is 0.474 e. The Morgan fingerprint density at radius 2 is 2.04 bits per heavy atom. The molecule has 4 rings (SSSR count). The Morgan fingerprint density at radius 3 is 2.76 bits per heavy atom. The van der Waals surface area contributed by atoms with E-state index in [1.165, 1.54) is 25.7 Å². The summed E-state index contributed by atoms with van der Waals surface area (Å²) in [6.45, 7) is 1.21. The van der Waals surface area contributed by atoms with Crippen molar-refractivity contribution >= 4 is 6.03 Å². The topological polar surface area (TPSA) is 72.5 Å². The first-order chi connectivity index (χ1) is 12.3. The summed E-state index contributed by atoms with van der Waals surface area (Å²) in [6, 6.07) is 3.87. The van der Waals surface area contributed by atoms with Crippen LogP contribution in [0.25, 0.3) is 0 Å². The fourth-order valence-corrected chi connectivity index (χ4v) is 3.82. The molecule has 0 bridgehead atoms.